The molecule has 0 atom stereocenters. The first-order valence-corrected chi connectivity index (χ1v) is 11.4. The minimum Gasteiger partial charge on any atom is -0.493 e. The molecule has 0 radical (unpaired) electrons. The summed E-state index contributed by atoms with van der Waals surface area (Å²) in [6.07, 6.45) is 0. The molecule has 1 heterocycles. The molecule has 0 saturated heterocycles. The lowest BCUT2D eigenvalue weighted by Gasteiger charge is -2.15. The standard InChI is InChI=1S/C24H29N3O5S/c1-15-7-8-17(11-16(15)2)19(28)14-33-24-26-25-23(27(24)9-10-29-3)18-12-20(30-4)22(32-6)21(13-18)31-5/h7-8,11-13H,9-10,14H2,1-6H3. The van der Waals surface area contributed by atoms with Crippen molar-refractivity contribution in [3.8, 4) is 28.6 Å². The number of hydrogen-bond donors (Lipinski definition) is 0. The van der Waals surface area contributed by atoms with Crippen molar-refractivity contribution in [2.75, 3.05) is 40.8 Å². The monoisotopic (exact) mass is 471 g/mol. The van der Waals surface area contributed by atoms with Crippen molar-refractivity contribution in [1.29, 1.82) is 0 Å². The van der Waals surface area contributed by atoms with Crippen molar-refractivity contribution < 1.29 is 23.7 Å². The van der Waals surface area contributed by atoms with E-state index in [9.17, 15) is 4.79 Å². The average molecular weight is 472 g/mol. The van der Waals surface area contributed by atoms with Gasteiger partial charge in [0.1, 0.15) is 0 Å². The molecular formula is C24H29N3O5S. The zero-order valence-electron chi connectivity index (χ0n) is 19.8. The Balaban J connectivity index is 1.92. The Morgan fingerprint density at radius 1 is 0.939 bits per heavy atom. The highest BCUT2D eigenvalue weighted by Gasteiger charge is 2.20. The maximum absolute atomic E-state index is 12.8. The van der Waals surface area contributed by atoms with Gasteiger partial charge in [0.25, 0.3) is 0 Å². The molecule has 33 heavy (non-hydrogen) atoms. The molecule has 8 nitrogen and oxygen atoms in total. The second kappa shape index (κ2) is 11.2. The summed E-state index contributed by atoms with van der Waals surface area (Å²) in [5.74, 6) is 2.45. The van der Waals surface area contributed by atoms with Gasteiger partial charge in [0.05, 0.1) is 40.2 Å². The Morgan fingerprint density at radius 3 is 2.21 bits per heavy atom. The van der Waals surface area contributed by atoms with Gasteiger partial charge in [0.15, 0.2) is 28.3 Å². The number of ether oxygens (including phenoxy) is 4. The van der Waals surface area contributed by atoms with Crippen LogP contribution in [-0.4, -0.2) is 61.3 Å². The third-order valence-corrected chi connectivity index (χ3v) is 6.29. The number of nitrogens with zero attached hydrogens (tertiary/aromatic N) is 3. The summed E-state index contributed by atoms with van der Waals surface area (Å²) in [6.45, 7) is 5.02. The van der Waals surface area contributed by atoms with E-state index >= 15 is 0 Å². The average Bonchev–Trinajstić information content (AvgIpc) is 3.24. The zero-order chi connectivity index (χ0) is 24.0. The van der Waals surface area contributed by atoms with Crippen molar-refractivity contribution in [2.24, 2.45) is 0 Å². The van der Waals surface area contributed by atoms with Gasteiger partial charge in [-0.25, -0.2) is 0 Å². The maximum atomic E-state index is 12.8. The minimum absolute atomic E-state index is 0.0405. The summed E-state index contributed by atoms with van der Waals surface area (Å²) in [7, 11) is 6.33. The third kappa shape index (κ3) is 5.48. The van der Waals surface area contributed by atoms with E-state index in [-0.39, 0.29) is 11.5 Å². The van der Waals surface area contributed by atoms with Crippen molar-refractivity contribution in [3.05, 3.63) is 47.0 Å². The minimum atomic E-state index is 0.0405. The van der Waals surface area contributed by atoms with Crippen molar-refractivity contribution >= 4 is 17.5 Å². The van der Waals surface area contributed by atoms with Crippen LogP contribution in [0, 0.1) is 13.8 Å². The van der Waals surface area contributed by atoms with E-state index in [1.807, 2.05) is 48.7 Å². The van der Waals surface area contributed by atoms with Crippen LogP contribution < -0.4 is 14.2 Å². The molecule has 9 heteroatoms. The summed E-state index contributed by atoms with van der Waals surface area (Å²) in [4.78, 5) is 12.8. The fraction of sp³-hybridized carbons (Fsp3) is 0.375. The summed E-state index contributed by atoms with van der Waals surface area (Å²) in [6, 6.07) is 9.40. The number of hydrogen-bond acceptors (Lipinski definition) is 8. The molecule has 0 unspecified atom stereocenters. The molecule has 176 valence electrons. The Labute approximate surface area is 198 Å². The van der Waals surface area contributed by atoms with E-state index < -0.39 is 0 Å². The number of carbonyl (C=O) groups excluding carboxylic acids is 1. The third-order valence-electron chi connectivity index (χ3n) is 5.32. The zero-order valence-corrected chi connectivity index (χ0v) is 20.6. The van der Waals surface area contributed by atoms with Gasteiger partial charge in [-0.1, -0.05) is 23.9 Å². The van der Waals surface area contributed by atoms with Crippen LogP contribution in [0.5, 0.6) is 17.2 Å². The molecule has 0 saturated carbocycles. The molecule has 0 N–H and O–H groups in total. The Kier molecular flexibility index (Phi) is 8.35. The number of rotatable bonds is 11. The first-order valence-electron chi connectivity index (χ1n) is 10.4. The van der Waals surface area contributed by atoms with Crippen LogP contribution in [0.2, 0.25) is 0 Å². The molecule has 0 aliphatic rings. The first kappa shape index (κ1) is 24.6. The van der Waals surface area contributed by atoms with Gasteiger partial charge in [0.2, 0.25) is 5.75 Å². The molecule has 1 aromatic heterocycles. The van der Waals surface area contributed by atoms with Gasteiger partial charge in [-0.05, 0) is 43.2 Å². The van der Waals surface area contributed by atoms with E-state index in [1.165, 1.54) is 11.8 Å². The lowest BCUT2D eigenvalue weighted by atomic mass is 10.0. The molecule has 0 aliphatic carbocycles. The molecule has 3 aromatic rings. The van der Waals surface area contributed by atoms with Crippen molar-refractivity contribution in [2.45, 2.75) is 25.5 Å². The van der Waals surface area contributed by atoms with Crippen LogP contribution in [0.3, 0.4) is 0 Å². The van der Waals surface area contributed by atoms with Gasteiger partial charge >= 0.3 is 0 Å². The van der Waals surface area contributed by atoms with Gasteiger partial charge in [-0.15, -0.1) is 10.2 Å². The number of carbonyl (C=O) groups is 1. The Bertz CT molecular complexity index is 1100. The SMILES string of the molecule is COCCn1c(SCC(=O)c2ccc(C)c(C)c2)nnc1-c1cc(OC)c(OC)c(OC)c1. The Morgan fingerprint density at radius 2 is 1.64 bits per heavy atom. The second-order valence-corrected chi connectivity index (χ2v) is 8.32. The lowest BCUT2D eigenvalue weighted by molar-refractivity contribution is 0.102. The normalized spacial score (nSPS) is 10.8. The number of methoxy groups -OCH3 is 4. The van der Waals surface area contributed by atoms with Gasteiger partial charge < -0.3 is 18.9 Å². The number of benzene rings is 2. The highest BCUT2D eigenvalue weighted by atomic mass is 32.2. The predicted molar refractivity (Wildman–Crippen MR) is 128 cm³/mol. The predicted octanol–water partition coefficient (Wildman–Crippen LogP) is 4.21. The van der Waals surface area contributed by atoms with E-state index in [0.29, 0.717) is 46.9 Å². The van der Waals surface area contributed by atoms with E-state index in [1.54, 1.807) is 28.4 Å². The molecule has 2 aromatic carbocycles. The van der Waals surface area contributed by atoms with Gasteiger partial charge in [0, 0.05) is 18.2 Å². The highest BCUT2D eigenvalue weighted by Crippen LogP contribution is 2.41. The smallest absolute Gasteiger partial charge is 0.203 e. The van der Waals surface area contributed by atoms with Crippen LogP contribution >= 0.6 is 11.8 Å². The van der Waals surface area contributed by atoms with E-state index in [0.717, 1.165) is 16.7 Å². The number of Topliss-reactive ketones (excluding diaryl/α,β-unsaturated/α-hetero) is 1. The summed E-state index contributed by atoms with van der Waals surface area (Å²) in [5.41, 5.74) is 3.70. The Hall–Kier alpha value is -3.04. The molecule has 0 fully saturated rings. The number of aromatic nitrogens is 3. The van der Waals surface area contributed by atoms with Crippen LogP contribution in [0.15, 0.2) is 35.5 Å². The van der Waals surface area contributed by atoms with Crippen LogP contribution in [0.25, 0.3) is 11.4 Å². The fourth-order valence-corrected chi connectivity index (χ4v) is 4.19. The molecule has 0 spiro atoms. The van der Waals surface area contributed by atoms with Crippen LogP contribution in [0.4, 0.5) is 0 Å². The molecule has 3 rings (SSSR count). The molecule has 0 aliphatic heterocycles. The fourth-order valence-electron chi connectivity index (χ4n) is 3.33. The van der Waals surface area contributed by atoms with Crippen LogP contribution in [-0.2, 0) is 11.3 Å². The molecule has 0 amide bonds. The molecular weight excluding hydrogens is 442 g/mol. The maximum Gasteiger partial charge on any atom is 0.203 e. The summed E-state index contributed by atoms with van der Waals surface area (Å²) >= 11 is 1.35. The van der Waals surface area contributed by atoms with Gasteiger partial charge in [-0.3, -0.25) is 9.36 Å². The topological polar surface area (TPSA) is 84.7 Å². The largest absolute Gasteiger partial charge is 0.493 e. The van der Waals surface area contributed by atoms with E-state index in [2.05, 4.69) is 10.2 Å². The van der Waals surface area contributed by atoms with Crippen LogP contribution in [0.1, 0.15) is 21.5 Å². The van der Waals surface area contributed by atoms with Gasteiger partial charge in [-0.2, -0.15) is 0 Å². The number of ketones is 1. The van der Waals surface area contributed by atoms with Crippen molar-refractivity contribution in [1.82, 2.24) is 14.8 Å². The summed E-state index contributed by atoms with van der Waals surface area (Å²) < 4.78 is 23.6. The van der Waals surface area contributed by atoms with Crippen molar-refractivity contribution in [3.63, 3.8) is 0 Å². The number of thioether (sulfide) groups is 1. The second-order valence-electron chi connectivity index (χ2n) is 7.38. The molecule has 0 bridgehead atoms. The number of aryl methyl sites for hydroxylation is 2. The lowest BCUT2D eigenvalue weighted by Crippen LogP contribution is -2.09. The van der Waals surface area contributed by atoms with E-state index in [4.69, 9.17) is 18.9 Å². The highest BCUT2D eigenvalue weighted by molar-refractivity contribution is 7.99. The summed E-state index contributed by atoms with van der Waals surface area (Å²) in [5, 5.41) is 9.38. The quantitative estimate of drug-likeness (QED) is 0.304. The first-order chi connectivity index (χ1) is 15.9.